The topological polar surface area (TPSA) is 75.6 Å². The molecule has 0 amide bonds. The number of benzene rings is 1. The predicted molar refractivity (Wildman–Crippen MR) is 95.7 cm³/mol. The van der Waals surface area contributed by atoms with Crippen molar-refractivity contribution in [2.75, 3.05) is 35.9 Å². The van der Waals surface area contributed by atoms with Gasteiger partial charge in [-0.05, 0) is 25.0 Å². The van der Waals surface area contributed by atoms with Crippen molar-refractivity contribution in [2.24, 2.45) is 0 Å². The van der Waals surface area contributed by atoms with Crippen LogP contribution in [0.25, 0.3) is 0 Å². The van der Waals surface area contributed by atoms with Crippen molar-refractivity contribution >= 4 is 21.5 Å². The first-order chi connectivity index (χ1) is 12.0. The molecule has 0 radical (unpaired) electrons. The summed E-state index contributed by atoms with van der Waals surface area (Å²) in [5.74, 6) is 0.706. The average Bonchev–Trinajstić information content (AvgIpc) is 2.97. The van der Waals surface area contributed by atoms with Crippen LogP contribution in [0.15, 0.2) is 30.3 Å². The molecule has 25 heavy (non-hydrogen) atoms. The van der Waals surface area contributed by atoms with Crippen LogP contribution >= 0.6 is 0 Å². The van der Waals surface area contributed by atoms with Crippen molar-refractivity contribution < 1.29 is 13.2 Å². The molecule has 132 valence electrons. The van der Waals surface area contributed by atoms with Gasteiger partial charge in [-0.25, -0.2) is 13.4 Å². The predicted octanol–water partition coefficient (Wildman–Crippen LogP) is 1.37. The van der Waals surface area contributed by atoms with Crippen molar-refractivity contribution in [3.05, 3.63) is 41.6 Å². The number of para-hydroxylation sites is 1. The Morgan fingerprint density at radius 1 is 1.20 bits per heavy atom. The largest absolute Gasteiger partial charge is 0.467 e. The molecule has 0 unspecified atom stereocenters. The van der Waals surface area contributed by atoms with Crippen LogP contribution in [-0.4, -0.2) is 50.4 Å². The summed E-state index contributed by atoms with van der Waals surface area (Å²) in [6.45, 7) is 3.25. The number of anilines is 2. The van der Waals surface area contributed by atoms with Gasteiger partial charge in [-0.15, -0.1) is 0 Å². The zero-order valence-corrected chi connectivity index (χ0v) is 15.0. The molecule has 0 spiro atoms. The minimum Gasteiger partial charge on any atom is -0.467 e. The molecule has 1 saturated heterocycles. The lowest BCUT2D eigenvalue weighted by Crippen LogP contribution is -2.58. The van der Waals surface area contributed by atoms with Crippen LogP contribution in [-0.2, 0) is 16.4 Å². The van der Waals surface area contributed by atoms with Crippen molar-refractivity contribution in [2.45, 2.75) is 18.6 Å². The van der Waals surface area contributed by atoms with E-state index in [4.69, 9.17) is 4.74 Å². The first kappa shape index (κ1) is 16.1. The highest BCUT2D eigenvalue weighted by Crippen LogP contribution is 2.34. The summed E-state index contributed by atoms with van der Waals surface area (Å²) in [5, 5.41) is -0.417. The van der Waals surface area contributed by atoms with Crippen molar-refractivity contribution in [1.29, 1.82) is 0 Å². The zero-order valence-electron chi connectivity index (χ0n) is 14.2. The van der Waals surface area contributed by atoms with Crippen LogP contribution in [0.1, 0.15) is 11.3 Å². The van der Waals surface area contributed by atoms with E-state index in [2.05, 4.69) is 9.97 Å². The molecular formula is C17H20N4O3S. The number of aromatic nitrogens is 2. The van der Waals surface area contributed by atoms with Gasteiger partial charge in [-0.2, -0.15) is 4.98 Å². The normalized spacial score (nSPS) is 17.4. The third kappa shape index (κ3) is 2.70. The number of methoxy groups -OCH3 is 1. The maximum absolute atomic E-state index is 13.0. The smallest absolute Gasteiger partial charge is 0.318 e. The summed E-state index contributed by atoms with van der Waals surface area (Å²) in [5.41, 5.74) is 2.71. The molecule has 1 fully saturated rings. The Kier molecular flexibility index (Phi) is 3.79. The second-order valence-corrected chi connectivity index (χ2v) is 8.51. The van der Waals surface area contributed by atoms with E-state index in [0.717, 1.165) is 23.4 Å². The quantitative estimate of drug-likeness (QED) is 0.820. The first-order valence-electron chi connectivity index (χ1n) is 8.23. The Morgan fingerprint density at radius 2 is 1.96 bits per heavy atom. The lowest BCUT2D eigenvalue weighted by atomic mass is 10.2. The van der Waals surface area contributed by atoms with Gasteiger partial charge in [0.05, 0.1) is 12.8 Å². The van der Waals surface area contributed by atoms with E-state index >= 15 is 0 Å². The van der Waals surface area contributed by atoms with Crippen LogP contribution in [0, 0.1) is 6.92 Å². The minimum atomic E-state index is -3.37. The Labute approximate surface area is 147 Å². The van der Waals surface area contributed by atoms with Gasteiger partial charge < -0.3 is 9.64 Å². The molecule has 4 rings (SSSR count). The molecule has 0 saturated carbocycles. The van der Waals surface area contributed by atoms with Gasteiger partial charge in [-0.1, -0.05) is 18.2 Å². The molecular weight excluding hydrogens is 340 g/mol. The number of hydrogen-bond donors (Lipinski definition) is 0. The summed E-state index contributed by atoms with van der Waals surface area (Å²) >= 11 is 0. The number of ether oxygens (including phenoxy) is 1. The molecule has 2 aromatic rings. The maximum atomic E-state index is 13.0. The minimum absolute atomic E-state index is 0.301. The Balaban J connectivity index is 1.51. The van der Waals surface area contributed by atoms with E-state index in [-0.39, 0.29) is 0 Å². The molecule has 3 heterocycles. The third-order valence-electron chi connectivity index (χ3n) is 4.75. The molecule has 0 aliphatic carbocycles. The van der Waals surface area contributed by atoms with E-state index in [1.165, 1.54) is 7.11 Å². The molecule has 2 aliphatic heterocycles. The van der Waals surface area contributed by atoms with Gasteiger partial charge in [0.25, 0.3) is 0 Å². The lowest BCUT2D eigenvalue weighted by molar-refractivity contribution is 0.378. The Bertz CT molecular complexity index is 910. The summed E-state index contributed by atoms with van der Waals surface area (Å²) in [6.07, 6.45) is 0.772. The molecule has 8 heteroatoms. The van der Waals surface area contributed by atoms with E-state index in [1.54, 1.807) is 4.31 Å². The molecule has 0 N–H and O–H groups in total. The van der Waals surface area contributed by atoms with E-state index in [0.29, 0.717) is 31.5 Å². The highest BCUT2D eigenvalue weighted by atomic mass is 32.2. The van der Waals surface area contributed by atoms with Crippen LogP contribution in [0.4, 0.5) is 11.5 Å². The number of aryl methyl sites for hydroxylation is 1. The van der Waals surface area contributed by atoms with Gasteiger partial charge in [0, 0.05) is 31.4 Å². The number of fused-ring (bicyclic) bond motifs is 1. The fraction of sp³-hybridized carbons (Fsp3) is 0.412. The highest BCUT2D eigenvalue weighted by Gasteiger charge is 2.43. The fourth-order valence-electron chi connectivity index (χ4n) is 3.34. The Morgan fingerprint density at radius 3 is 2.72 bits per heavy atom. The SMILES string of the molecule is COc1nc(C)cc(N2CC(S(=O)(=O)N3CCc4ccccc43)C2)n1. The van der Waals surface area contributed by atoms with Crippen molar-refractivity contribution in [1.82, 2.24) is 9.97 Å². The number of rotatable bonds is 4. The van der Waals surface area contributed by atoms with Crippen LogP contribution < -0.4 is 13.9 Å². The first-order valence-corrected chi connectivity index (χ1v) is 9.73. The highest BCUT2D eigenvalue weighted by molar-refractivity contribution is 7.93. The van der Waals surface area contributed by atoms with Gasteiger partial charge >= 0.3 is 6.01 Å². The second kappa shape index (κ2) is 5.87. The lowest BCUT2D eigenvalue weighted by Gasteiger charge is -2.41. The maximum Gasteiger partial charge on any atom is 0.318 e. The van der Waals surface area contributed by atoms with Crippen molar-refractivity contribution in [3.63, 3.8) is 0 Å². The van der Waals surface area contributed by atoms with Gasteiger partial charge in [0.2, 0.25) is 10.0 Å². The molecule has 0 bridgehead atoms. The standard InChI is InChI=1S/C17H20N4O3S/c1-12-9-16(19-17(18-12)24-2)20-10-14(11-20)25(22,23)21-8-7-13-5-3-4-6-15(13)21/h3-6,9,14H,7-8,10-11H2,1-2H3. The Hall–Kier alpha value is -2.35. The van der Waals surface area contributed by atoms with E-state index in [9.17, 15) is 8.42 Å². The van der Waals surface area contributed by atoms with E-state index < -0.39 is 15.3 Å². The van der Waals surface area contributed by atoms with E-state index in [1.807, 2.05) is 42.2 Å². The monoisotopic (exact) mass is 360 g/mol. The third-order valence-corrected chi connectivity index (χ3v) is 6.88. The second-order valence-electron chi connectivity index (χ2n) is 6.38. The fourth-order valence-corrected chi connectivity index (χ4v) is 5.24. The summed E-state index contributed by atoms with van der Waals surface area (Å²) < 4.78 is 32.6. The van der Waals surface area contributed by atoms with Crippen LogP contribution in [0.2, 0.25) is 0 Å². The van der Waals surface area contributed by atoms with Gasteiger partial charge in [0.1, 0.15) is 11.1 Å². The van der Waals surface area contributed by atoms with Crippen LogP contribution in [0.3, 0.4) is 0 Å². The molecule has 1 aromatic heterocycles. The zero-order chi connectivity index (χ0) is 17.6. The number of hydrogen-bond acceptors (Lipinski definition) is 6. The molecule has 0 atom stereocenters. The van der Waals surface area contributed by atoms with Crippen molar-refractivity contribution in [3.8, 4) is 6.01 Å². The number of nitrogens with zero attached hydrogens (tertiary/aromatic N) is 4. The van der Waals surface area contributed by atoms with Gasteiger partial charge in [-0.3, -0.25) is 4.31 Å². The average molecular weight is 360 g/mol. The summed E-state index contributed by atoms with van der Waals surface area (Å²) in [4.78, 5) is 10.4. The number of sulfonamides is 1. The van der Waals surface area contributed by atoms with Gasteiger partial charge in [0.15, 0.2) is 0 Å². The molecule has 1 aromatic carbocycles. The van der Waals surface area contributed by atoms with Crippen LogP contribution in [0.5, 0.6) is 6.01 Å². The molecule has 2 aliphatic rings. The molecule has 7 nitrogen and oxygen atoms in total. The summed E-state index contributed by atoms with van der Waals surface area (Å²) in [6, 6.07) is 9.86. The summed E-state index contributed by atoms with van der Waals surface area (Å²) in [7, 11) is -1.84.